The summed E-state index contributed by atoms with van der Waals surface area (Å²) in [7, 11) is 2.03. The maximum atomic E-state index is 14.1. The number of unbranched alkanes of at least 4 members (excludes halogenated alkanes) is 1. The van der Waals surface area contributed by atoms with Crippen molar-refractivity contribution in [2.45, 2.75) is 26.7 Å². The molecule has 0 saturated carbocycles. The van der Waals surface area contributed by atoms with Crippen molar-refractivity contribution in [1.82, 2.24) is 20.2 Å². The molecule has 0 aliphatic carbocycles. The van der Waals surface area contributed by atoms with Gasteiger partial charge in [0.05, 0.1) is 0 Å². The van der Waals surface area contributed by atoms with E-state index in [9.17, 15) is 9.18 Å². The van der Waals surface area contributed by atoms with Crippen molar-refractivity contribution in [1.29, 1.82) is 0 Å². The molecule has 0 saturated heterocycles. The first kappa shape index (κ1) is 19.5. The van der Waals surface area contributed by atoms with Gasteiger partial charge in [-0.2, -0.15) is 4.68 Å². The van der Waals surface area contributed by atoms with Crippen LogP contribution in [0.4, 0.5) is 15.8 Å². The molecule has 0 radical (unpaired) electrons. The molecular formula is C20H23FN6O. The van der Waals surface area contributed by atoms with Crippen molar-refractivity contribution in [2.75, 3.05) is 23.8 Å². The Morgan fingerprint density at radius 2 is 1.96 bits per heavy atom. The first-order valence-corrected chi connectivity index (χ1v) is 9.17. The number of rotatable bonds is 7. The van der Waals surface area contributed by atoms with Crippen molar-refractivity contribution < 1.29 is 9.18 Å². The van der Waals surface area contributed by atoms with Crippen LogP contribution < -0.4 is 10.2 Å². The largest absolute Gasteiger partial charge is 0.375 e. The minimum atomic E-state index is -0.479. The van der Waals surface area contributed by atoms with Crippen LogP contribution in [0.1, 0.15) is 35.9 Å². The summed E-state index contributed by atoms with van der Waals surface area (Å²) < 4.78 is 15.4. The number of amides is 1. The Labute approximate surface area is 163 Å². The molecule has 0 aliphatic rings. The monoisotopic (exact) mass is 382 g/mol. The van der Waals surface area contributed by atoms with Gasteiger partial charge in [0.1, 0.15) is 11.5 Å². The van der Waals surface area contributed by atoms with Crippen LogP contribution in [0.15, 0.2) is 42.5 Å². The molecule has 0 bridgehead atoms. The standard InChI is InChI=1S/C20H23FN6O/c1-4-5-12-26(3)17-9-6-15(7-10-17)20(28)22-16-8-11-18(21)19(13-16)27-14(2)23-24-25-27/h6-11,13H,4-5,12H2,1-3H3,(H,22,28). The highest BCUT2D eigenvalue weighted by molar-refractivity contribution is 6.04. The normalized spacial score (nSPS) is 10.7. The van der Waals surface area contributed by atoms with Gasteiger partial charge in [0.25, 0.3) is 5.91 Å². The quantitative estimate of drug-likeness (QED) is 0.676. The summed E-state index contributed by atoms with van der Waals surface area (Å²) in [4.78, 5) is 14.7. The van der Waals surface area contributed by atoms with Crippen LogP contribution in [0.2, 0.25) is 0 Å². The van der Waals surface area contributed by atoms with Gasteiger partial charge >= 0.3 is 0 Å². The fourth-order valence-corrected chi connectivity index (χ4v) is 2.80. The summed E-state index contributed by atoms with van der Waals surface area (Å²) >= 11 is 0. The van der Waals surface area contributed by atoms with Crippen LogP contribution in [0.3, 0.4) is 0 Å². The topological polar surface area (TPSA) is 75.9 Å². The zero-order valence-corrected chi connectivity index (χ0v) is 16.2. The molecule has 0 fully saturated rings. The van der Waals surface area contributed by atoms with Gasteiger partial charge in [0, 0.05) is 30.5 Å². The van der Waals surface area contributed by atoms with Gasteiger partial charge in [-0.1, -0.05) is 13.3 Å². The number of hydrogen-bond acceptors (Lipinski definition) is 5. The number of carbonyl (C=O) groups excluding carboxylic acids is 1. The second-order valence-electron chi connectivity index (χ2n) is 6.58. The van der Waals surface area contributed by atoms with Gasteiger partial charge in [0.15, 0.2) is 5.82 Å². The number of tetrazole rings is 1. The third-order valence-corrected chi connectivity index (χ3v) is 4.47. The van der Waals surface area contributed by atoms with Crippen LogP contribution in [0, 0.1) is 12.7 Å². The second kappa shape index (κ2) is 8.60. The third-order valence-electron chi connectivity index (χ3n) is 4.47. The summed E-state index contributed by atoms with van der Waals surface area (Å²) in [5.74, 6) is -0.299. The van der Waals surface area contributed by atoms with Crippen LogP contribution >= 0.6 is 0 Å². The van der Waals surface area contributed by atoms with Gasteiger partial charge in [-0.3, -0.25) is 4.79 Å². The summed E-state index contributed by atoms with van der Waals surface area (Å²) in [6.07, 6.45) is 2.25. The van der Waals surface area contributed by atoms with Gasteiger partial charge in [-0.25, -0.2) is 4.39 Å². The molecule has 1 N–H and O–H groups in total. The highest BCUT2D eigenvalue weighted by atomic mass is 19.1. The molecule has 0 atom stereocenters. The van der Waals surface area contributed by atoms with Crippen LogP contribution in [0.25, 0.3) is 5.69 Å². The van der Waals surface area contributed by atoms with Crippen LogP contribution in [-0.2, 0) is 0 Å². The Morgan fingerprint density at radius 1 is 1.21 bits per heavy atom. The van der Waals surface area contributed by atoms with E-state index < -0.39 is 5.82 Å². The van der Waals surface area contributed by atoms with Gasteiger partial charge < -0.3 is 10.2 Å². The number of anilines is 2. The van der Waals surface area contributed by atoms with E-state index in [1.165, 1.54) is 22.9 Å². The number of aryl methyl sites for hydroxylation is 1. The number of nitrogens with one attached hydrogen (secondary N) is 1. The smallest absolute Gasteiger partial charge is 0.255 e. The van der Waals surface area contributed by atoms with E-state index in [2.05, 4.69) is 32.7 Å². The molecule has 0 unspecified atom stereocenters. The Bertz CT molecular complexity index is 954. The van der Waals surface area contributed by atoms with Gasteiger partial charge in [-0.05, 0) is 66.2 Å². The molecule has 0 aliphatic heterocycles. The first-order chi connectivity index (χ1) is 13.5. The summed E-state index contributed by atoms with van der Waals surface area (Å²) in [6.45, 7) is 4.80. The maximum absolute atomic E-state index is 14.1. The van der Waals surface area contributed by atoms with Crippen LogP contribution in [-0.4, -0.2) is 39.7 Å². The number of nitrogens with zero attached hydrogens (tertiary/aromatic N) is 5. The minimum Gasteiger partial charge on any atom is -0.375 e. The number of benzene rings is 2. The second-order valence-corrected chi connectivity index (χ2v) is 6.58. The Hall–Kier alpha value is -3.29. The predicted octanol–water partition coefficient (Wildman–Crippen LogP) is 3.60. The molecular weight excluding hydrogens is 359 g/mol. The maximum Gasteiger partial charge on any atom is 0.255 e. The Balaban J connectivity index is 1.74. The van der Waals surface area contributed by atoms with Gasteiger partial charge in [-0.15, -0.1) is 5.10 Å². The van der Waals surface area contributed by atoms with E-state index in [1.54, 1.807) is 19.1 Å². The summed E-state index contributed by atoms with van der Waals surface area (Å²) in [5.41, 5.74) is 2.22. The van der Waals surface area contributed by atoms with E-state index in [0.717, 1.165) is 25.1 Å². The van der Waals surface area contributed by atoms with E-state index in [0.29, 0.717) is 17.1 Å². The van der Waals surface area contributed by atoms with Crippen LogP contribution in [0.5, 0.6) is 0 Å². The fraction of sp³-hybridized carbons (Fsp3) is 0.300. The summed E-state index contributed by atoms with van der Waals surface area (Å²) in [6, 6.07) is 11.7. The van der Waals surface area contributed by atoms with Crippen molar-refractivity contribution >= 4 is 17.3 Å². The number of halogens is 1. The van der Waals surface area contributed by atoms with Gasteiger partial charge in [0.2, 0.25) is 0 Å². The van der Waals surface area contributed by atoms with E-state index in [1.807, 2.05) is 19.2 Å². The highest BCUT2D eigenvalue weighted by Gasteiger charge is 2.13. The number of hydrogen-bond donors (Lipinski definition) is 1. The Kier molecular flexibility index (Phi) is 5.98. The predicted molar refractivity (Wildman–Crippen MR) is 106 cm³/mol. The molecule has 3 rings (SSSR count). The zero-order chi connectivity index (χ0) is 20.1. The lowest BCUT2D eigenvalue weighted by Crippen LogP contribution is -2.18. The lowest BCUT2D eigenvalue weighted by Gasteiger charge is -2.19. The zero-order valence-electron chi connectivity index (χ0n) is 16.2. The van der Waals surface area contributed by atoms with Crippen molar-refractivity contribution in [3.05, 3.63) is 59.7 Å². The number of carbonyl (C=O) groups is 1. The molecule has 28 heavy (non-hydrogen) atoms. The lowest BCUT2D eigenvalue weighted by molar-refractivity contribution is 0.102. The molecule has 1 aromatic heterocycles. The van der Waals surface area contributed by atoms with Crippen molar-refractivity contribution in [2.24, 2.45) is 0 Å². The molecule has 7 nitrogen and oxygen atoms in total. The highest BCUT2D eigenvalue weighted by Crippen LogP contribution is 2.20. The lowest BCUT2D eigenvalue weighted by atomic mass is 10.1. The van der Waals surface area contributed by atoms with Crippen molar-refractivity contribution in [3.8, 4) is 5.69 Å². The Morgan fingerprint density at radius 3 is 2.61 bits per heavy atom. The molecule has 146 valence electrons. The molecule has 1 amide bonds. The van der Waals surface area contributed by atoms with E-state index >= 15 is 0 Å². The SMILES string of the molecule is CCCCN(C)c1ccc(C(=O)Nc2ccc(F)c(-n3nnnc3C)c2)cc1. The first-order valence-electron chi connectivity index (χ1n) is 9.17. The molecule has 2 aromatic carbocycles. The molecule has 8 heteroatoms. The average molecular weight is 382 g/mol. The van der Waals surface area contributed by atoms with E-state index in [-0.39, 0.29) is 11.6 Å². The molecule has 1 heterocycles. The van der Waals surface area contributed by atoms with E-state index in [4.69, 9.17) is 0 Å². The third kappa shape index (κ3) is 4.33. The fourth-order valence-electron chi connectivity index (χ4n) is 2.80. The summed E-state index contributed by atoms with van der Waals surface area (Å²) in [5, 5.41) is 13.8. The molecule has 0 spiro atoms. The molecule has 3 aromatic rings. The number of aromatic nitrogens is 4. The van der Waals surface area contributed by atoms with Crippen molar-refractivity contribution in [3.63, 3.8) is 0 Å². The minimum absolute atomic E-state index is 0.174. The average Bonchev–Trinajstić information content (AvgIpc) is 3.13.